The van der Waals surface area contributed by atoms with E-state index in [2.05, 4.69) is 4.99 Å². The van der Waals surface area contributed by atoms with Crippen molar-refractivity contribution in [2.45, 2.75) is 6.42 Å². The molecular weight excluding hydrogens is 206 g/mol. The number of nitrogens with zero attached hydrogens (tertiary/aromatic N) is 2. The summed E-state index contributed by atoms with van der Waals surface area (Å²) in [6.07, 6.45) is 2.28. The summed E-state index contributed by atoms with van der Waals surface area (Å²) in [6, 6.07) is 0. The molecule has 0 rings (SSSR count). The minimum atomic E-state index is 0. The topological polar surface area (TPSA) is 15.4 Å². The van der Waals surface area contributed by atoms with Crippen molar-refractivity contribution in [3.8, 4) is 0 Å². The first kappa shape index (κ1) is 13.8. The van der Waals surface area contributed by atoms with E-state index in [4.69, 9.17) is 23.2 Å². The van der Waals surface area contributed by atoms with Crippen LogP contribution in [0.3, 0.4) is 0 Å². The Bertz CT molecular complexity index is 150. The molecule has 0 bridgehead atoms. The van der Waals surface area contributed by atoms with Gasteiger partial charge in [-0.2, -0.15) is 0 Å². The van der Waals surface area contributed by atoms with Crippen LogP contribution in [0.5, 0.6) is 0 Å². The molecule has 0 aromatic rings. The fourth-order valence-corrected chi connectivity index (χ4v) is 0.735. The SMILES string of the molecule is C[N+](C)=CN=C(Cl)CCCl.[Cl-]. The summed E-state index contributed by atoms with van der Waals surface area (Å²) in [6.45, 7) is 0. The van der Waals surface area contributed by atoms with Gasteiger partial charge in [0.15, 0.2) is 0 Å². The molecule has 0 aliphatic rings. The number of aliphatic imine (C=N–C) groups is 1. The Morgan fingerprint density at radius 3 is 2.45 bits per heavy atom. The van der Waals surface area contributed by atoms with Gasteiger partial charge in [-0.3, -0.25) is 4.58 Å². The highest BCUT2D eigenvalue weighted by Crippen LogP contribution is 1.93. The molecular formula is C6H11Cl3N2. The lowest BCUT2D eigenvalue weighted by Gasteiger charge is -1.83. The number of rotatable bonds is 3. The van der Waals surface area contributed by atoms with Gasteiger partial charge < -0.3 is 12.4 Å². The van der Waals surface area contributed by atoms with E-state index in [0.29, 0.717) is 17.5 Å². The molecule has 0 N–H and O–H groups in total. The van der Waals surface area contributed by atoms with Crippen LogP contribution < -0.4 is 12.4 Å². The van der Waals surface area contributed by atoms with Gasteiger partial charge in [-0.1, -0.05) is 0 Å². The van der Waals surface area contributed by atoms with Gasteiger partial charge >= 0.3 is 0 Å². The van der Waals surface area contributed by atoms with Crippen LogP contribution in [0, 0.1) is 0 Å². The molecule has 0 amide bonds. The second-order valence-corrected chi connectivity index (χ2v) is 2.84. The Kier molecular flexibility index (Phi) is 10.4. The number of hydrogen-bond donors (Lipinski definition) is 0. The molecule has 0 aromatic carbocycles. The molecule has 0 aliphatic heterocycles. The molecule has 0 aromatic heterocycles. The van der Waals surface area contributed by atoms with Crippen LogP contribution in [0.1, 0.15) is 6.42 Å². The van der Waals surface area contributed by atoms with E-state index in [1.165, 1.54) is 0 Å². The van der Waals surface area contributed by atoms with Gasteiger partial charge in [-0.05, 0) is 16.6 Å². The molecule has 2 nitrogen and oxygen atoms in total. The molecule has 5 heteroatoms. The number of halogens is 3. The van der Waals surface area contributed by atoms with E-state index in [1.807, 2.05) is 18.7 Å². The maximum absolute atomic E-state index is 5.63. The molecule has 11 heavy (non-hydrogen) atoms. The molecule has 0 aliphatic carbocycles. The molecule has 0 fully saturated rings. The van der Waals surface area contributed by atoms with E-state index >= 15 is 0 Å². The first-order chi connectivity index (χ1) is 4.66. The average Bonchev–Trinajstić information content (AvgIpc) is 1.85. The third kappa shape index (κ3) is 10.2. The molecule has 0 radical (unpaired) electrons. The lowest BCUT2D eigenvalue weighted by Crippen LogP contribution is -3.00. The maximum atomic E-state index is 5.63. The minimum Gasteiger partial charge on any atom is -1.00 e. The second-order valence-electron chi connectivity index (χ2n) is 2.02. The standard InChI is InChI=1S/C6H11Cl2N2.ClH/c1-10(2)5-9-6(8)3-4-7;/h5H,3-4H2,1-2H3;1H/q+1;/p-1. The smallest absolute Gasteiger partial charge is 0.282 e. The fourth-order valence-electron chi connectivity index (χ4n) is 0.321. The number of hydrogen-bond acceptors (Lipinski definition) is 0. The summed E-state index contributed by atoms with van der Waals surface area (Å²) in [5.41, 5.74) is 0. The van der Waals surface area contributed by atoms with Gasteiger partial charge in [0.05, 0.1) is 14.1 Å². The van der Waals surface area contributed by atoms with Gasteiger partial charge in [0.1, 0.15) is 0 Å². The Balaban J connectivity index is 0. The van der Waals surface area contributed by atoms with Crippen LogP contribution in [-0.2, 0) is 0 Å². The summed E-state index contributed by atoms with van der Waals surface area (Å²) in [5.74, 6) is 0.517. The predicted molar refractivity (Wildman–Crippen MR) is 46.8 cm³/mol. The second kappa shape index (κ2) is 8.31. The molecule has 0 saturated carbocycles. The zero-order valence-electron chi connectivity index (χ0n) is 6.52. The van der Waals surface area contributed by atoms with E-state index < -0.39 is 0 Å². The summed E-state index contributed by atoms with van der Waals surface area (Å²) in [4.78, 5) is 3.91. The maximum Gasteiger partial charge on any atom is 0.282 e. The van der Waals surface area contributed by atoms with Crippen molar-refractivity contribution in [1.82, 2.24) is 0 Å². The lowest BCUT2D eigenvalue weighted by atomic mass is 10.5. The Labute approximate surface area is 83.3 Å². The highest BCUT2D eigenvalue weighted by molar-refractivity contribution is 6.66. The van der Waals surface area contributed by atoms with Crippen LogP contribution in [-0.4, -0.2) is 36.1 Å². The molecule has 0 spiro atoms. The predicted octanol–water partition coefficient (Wildman–Crippen LogP) is -1.44. The summed E-state index contributed by atoms with van der Waals surface area (Å²) >= 11 is 11.1. The first-order valence-corrected chi connectivity index (χ1v) is 3.86. The van der Waals surface area contributed by atoms with Crippen LogP contribution in [0.2, 0.25) is 0 Å². The zero-order chi connectivity index (χ0) is 7.98. The Hall–Kier alpha value is 0.210. The fraction of sp³-hybridized carbons (Fsp3) is 0.667. The molecule has 0 heterocycles. The summed E-state index contributed by atoms with van der Waals surface area (Å²) in [5, 5.41) is 0.545. The van der Waals surface area contributed by atoms with E-state index in [-0.39, 0.29) is 12.4 Å². The van der Waals surface area contributed by atoms with Gasteiger partial charge in [0, 0.05) is 12.3 Å². The molecule has 0 atom stereocenters. The Morgan fingerprint density at radius 2 is 2.09 bits per heavy atom. The third-order valence-electron chi connectivity index (χ3n) is 0.730. The van der Waals surface area contributed by atoms with Crippen molar-refractivity contribution in [3.63, 3.8) is 0 Å². The van der Waals surface area contributed by atoms with Crippen LogP contribution in [0.25, 0.3) is 0 Å². The monoisotopic (exact) mass is 216 g/mol. The quantitative estimate of drug-likeness (QED) is 0.238. The van der Waals surface area contributed by atoms with Crippen LogP contribution in [0.4, 0.5) is 0 Å². The van der Waals surface area contributed by atoms with Crippen LogP contribution >= 0.6 is 23.2 Å². The summed E-state index contributed by atoms with van der Waals surface area (Å²) < 4.78 is 1.82. The molecule has 0 unspecified atom stereocenters. The van der Waals surface area contributed by atoms with Crippen molar-refractivity contribution in [2.24, 2.45) is 4.99 Å². The molecule has 0 saturated heterocycles. The van der Waals surface area contributed by atoms with Gasteiger partial charge in [-0.15, -0.1) is 11.6 Å². The van der Waals surface area contributed by atoms with Crippen LogP contribution in [0.15, 0.2) is 4.99 Å². The van der Waals surface area contributed by atoms with Crippen molar-refractivity contribution >= 4 is 34.7 Å². The van der Waals surface area contributed by atoms with Crippen molar-refractivity contribution < 1.29 is 17.0 Å². The van der Waals surface area contributed by atoms with E-state index in [1.54, 1.807) is 6.34 Å². The zero-order valence-corrected chi connectivity index (χ0v) is 8.79. The highest BCUT2D eigenvalue weighted by atomic mass is 35.5. The van der Waals surface area contributed by atoms with Gasteiger partial charge in [0.25, 0.3) is 6.34 Å². The summed E-state index contributed by atoms with van der Waals surface area (Å²) in [7, 11) is 3.77. The van der Waals surface area contributed by atoms with Gasteiger partial charge in [0.2, 0.25) is 5.17 Å². The Morgan fingerprint density at radius 1 is 1.55 bits per heavy atom. The largest absolute Gasteiger partial charge is 1.00 e. The van der Waals surface area contributed by atoms with Crippen molar-refractivity contribution in [1.29, 1.82) is 0 Å². The van der Waals surface area contributed by atoms with E-state index in [0.717, 1.165) is 0 Å². The third-order valence-corrected chi connectivity index (χ3v) is 1.21. The normalized spacial score (nSPS) is 10.4. The highest BCUT2D eigenvalue weighted by Gasteiger charge is 1.96. The molecule has 66 valence electrons. The lowest BCUT2D eigenvalue weighted by molar-refractivity contribution is -0.460. The van der Waals surface area contributed by atoms with Gasteiger partial charge in [-0.25, -0.2) is 0 Å². The van der Waals surface area contributed by atoms with Crippen molar-refractivity contribution in [2.75, 3.05) is 20.0 Å². The number of alkyl halides is 1. The first-order valence-electron chi connectivity index (χ1n) is 2.94. The van der Waals surface area contributed by atoms with E-state index in [9.17, 15) is 0 Å². The van der Waals surface area contributed by atoms with Crippen molar-refractivity contribution in [3.05, 3.63) is 0 Å². The average molecular weight is 218 g/mol. The minimum absolute atomic E-state index is 0.